The highest BCUT2D eigenvalue weighted by Gasteiger charge is 2.35. The molecule has 4 nitrogen and oxygen atoms in total. The van der Waals surface area contributed by atoms with Gasteiger partial charge in [0.25, 0.3) is 0 Å². The summed E-state index contributed by atoms with van der Waals surface area (Å²) in [4.78, 5) is 0. The average Bonchev–Trinajstić information content (AvgIpc) is 3.05. The molecule has 0 bridgehead atoms. The molecule has 0 saturated carbocycles. The van der Waals surface area contributed by atoms with E-state index in [0.29, 0.717) is 0 Å². The van der Waals surface area contributed by atoms with Gasteiger partial charge in [-0.3, -0.25) is 0 Å². The van der Waals surface area contributed by atoms with Crippen LogP contribution < -0.4 is 0 Å². The van der Waals surface area contributed by atoms with Crippen molar-refractivity contribution >= 4 is 46.7 Å². The summed E-state index contributed by atoms with van der Waals surface area (Å²) in [7, 11) is -3.30. The molecule has 9 heteroatoms. The first-order valence-corrected chi connectivity index (χ1v) is 27.5. The van der Waals surface area contributed by atoms with Crippen molar-refractivity contribution in [1.82, 2.24) is 0 Å². The largest absolute Gasteiger partial charge is 0.434 e. The van der Waals surface area contributed by atoms with Gasteiger partial charge in [-0.15, -0.1) is 0 Å². The highest BCUT2D eigenvalue weighted by atomic mass is 28.4. The molecule has 45 heavy (non-hydrogen) atoms. The molecule has 6 radical (unpaired) electrons. The summed E-state index contributed by atoms with van der Waals surface area (Å²) in [5, 5.41) is 0. The third-order valence-corrected chi connectivity index (χ3v) is 22.7. The van der Waals surface area contributed by atoms with E-state index in [1.54, 1.807) is 0 Å². The van der Waals surface area contributed by atoms with E-state index in [2.05, 4.69) is 41.5 Å². The standard InChI is InChI=1S/C36H78O4Si5/c1-7-13-19-25-31-44(32-26-20-14-8-2,33-27-21-15-9-3)39-42-37-41-38-43-40-45(34-28-22-16-10-4,35-29-23-17-11-5)36-30-24-18-12-6/h7-36H2,1-6H3. The summed E-state index contributed by atoms with van der Waals surface area (Å²) in [6, 6.07) is 7.91. The molecular weight excluding hydrogens is 637 g/mol. The van der Waals surface area contributed by atoms with E-state index in [9.17, 15) is 0 Å². The minimum absolute atomic E-state index is 0.0373. The van der Waals surface area contributed by atoms with E-state index < -0.39 is 16.6 Å². The SMILES string of the molecule is CCCCCC[Si](CCCCCC)(CCCCCC)O[Si]O[Si]O[Si]O[Si](CCCCCC)(CCCCCC)CCCCCC. The number of rotatable bonds is 38. The van der Waals surface area contributed by atoms with Crippen LogP contribution in [0.1, 0.15) is 196 Å². The van der Waals surface area contributed by atoms with Crippen molar-refractivity contribution in [2.75, 3.05) is 0 Å². The molecule has 0 spiro atoms. The fraction of sp³-hybridized carbons (Fsp3) is 1.00. The van der Waals surface area contributed by atoms with Crippen LogP contribution in [0.25, 0.3) is 0 Å². The summed E-state index contributed by atoms with van der Waals surface area (Å²) >= 11 is 0. The lowest BCUT2D eigenvalue weighted by atomic mass is 10.2. The summed E-state index contributed by atoms with van der Waals surface area (Å²) < 4.78 is 26.0. The van der Waals surface area contributed by atoms with Gasteiger partial charge in [0, 0.05) is 0 Å². The molecule has 0 atom stereocenters. The number of hydrogen-bond donors (Lipinski definition) is 0. The van der Waals surface area contributed by atoms with Crippen LogP contribution in [-0.2, 0) is 16.5 Å². The van der Waals surface area contributed by atoms with Crippen molar-refractivity contribution in [2.24, 2.45) is 0 Å². The zero-order chi connectivity index (χ0) is 33.2. The molecule has 0 N–H and O–H groups in total. The Morgan fingerprint density at radius 1 is 0.289 bits per heavy atom. The molecule has 0 aliphatic rings. The van der Waals surface area contributed by atoms with Crippen LogP contribution in [0.2, 0.25) is 36.3 Å². The number of hydrogen-bond acceptors (Lipinski definition) is 4. The van der Waals surface area contributed by atoms with E-state index >= 15 is 0 Å². The maximum Gasteiger partial charge on any atom is 0.412 e. The van der Waals surface area contributed by atoms with Gasteiger partial charge in [-0.05, 0) is 36.3 Å². The maximum atomic E-state index is 6.89. The monoisotopic (exact) mass is 714 g/mol. The topological polar surface area (TPSA) is 36.9 Å². The Morgan fingerprint density at radius 3 is 0.711 bits per heavy atom. The van der Waals surface area contributed by atoms with Gasteiger partial charge in [-0.1, -0.05) is 196 Å². The van der Waals surface area contributed by atoms with E-state index in [1.165, 1.54) is 190 Å². The van der Waals surface area contributed by atoms with Crippen LogP contribution in [0.5, 0.6) is 0 Å². The molecule has 0 rings (SSSR count). The fourth-order valence-corrected chi connectivity index (χ4v) is 19.2. The first kappa shape index (κ1) is 45.9. The first-order chi connectivity index (χ1) is 22.1. The van der Waals surface area contributed by atoms with E-state index in [0.717, 1.165) is 0 Å². The molecule has 0 unspecified atom stereocenters. The van der Waals surface area contributed by atoms with Gasteiger partial charge in [0.2, 0.25) is 0 Å². The van der Waals surface area contributed by atoms with Crippen LogP contribution in [-0.4, -0.2) is 46.7 Å². The predicted octanol–water partition coefficient (Wildman–Crippen LogP) is 13.0. The Labute approximate surface area is 293 Å². The zero-order valence-corrected chi connectivity index (χ0v) is 36.3. The molecule has 0 aromatic heterocycles. The smallest absolute Gasteiger partial charge is 0.412 e. The van der Waals surface area contributed by atoms with Crippen molar-refractivity contribution < 1.29 is 16.5 Å². The normalized spacial score (nSPS) is 12.4. The van der Waals surface area contributed by atoms with Crippen LogP contribution in [0.3, 0.4) is 0 Å². The lowest BCUT2D eigenvalue weighted by Gasteiger charge is -2.32. The third-order valence-electron chi connectivity index (χ3n) is 9.60. The predicted molar refractivity (Wildman–Crippen MR) is 207 cm³/mol. The summed E-state index contributed by atoms with van der Waals surface area (Å²) in [6.45, 7) is 13.9. The Bertz CT molecular complexity index is 477. The van der Waals surface area contributed by atoms with E-state index in [-0.39, 0.29) is 30.0 Å². The van der Waals surface area contributed by atoms with Gasteiger partial charge in [-0.2, -0.15) is 0 Å². The van der Waals surface area contributed by atoms with Gasteiger partial charge < -0.3 is 16.5 Å². The quantitative estimate of drug-likeness (QED) is 0.0471. The van der Waals surface area contributed by atoms with Crippen LogP contribution in [0, 0.1) is 0 Å². The van der Waals surface area contributed by atoms with Crippen molar-refractivity contribution in [3.63, 3.8) is 0 Å². The lowest BCUT2D eigenvalue weighted by molar-refractivity contribution is 0.382. The van der Waals surface area contributed by atoms with Crippen LogP contribution in [0.15, 0.2) is 0 Å². The van der Waals surface area contributed by atoms with E-state index in [1.807, 2.05) is 0 Å². The first-order valence-electron chi connectivity index (χ1n) is 20.0. The Balaban J connectivity index is 5.12. The Kier molecular flexibility index (Phi) is 35.5. The second kappa shape index (κ2) is 34.8. The fourth-order valence-electron chi connectivity index (χ4n) is 6.57. The van der Waals surface area contributed by atoms with Crippen molar-refractivity contribution in [2.45, 2.75) is 232 Å². The van der Waals surface area contributed by atoms with Gasteiger partial charge in [0.05, 0.1) is 0 Å². The van der Waals surface area contributed by atoms with Gasteiger partial charge in [0.15, 0.2) is 16.6 Å². The van der Waals surface area contributed by atoms with Gasteiger partial charge in [-0.25, -0.2) is 0 Å². The Hall–Kier alpha value is 0.924. The molecular formula is C36H78O4Si5. The maximum absolute atomic E-state index is 6.89. The van der Waals surface area contributed by atoms with Crippen molar-refractivity contribution in [3.8, 4) is 0 Å². The molecule has 0 aromatic carbocycles. The zero-order valence-electron chi connectivity index (χ0n) is 31.3. The Morgan fingerprint density at radius 2 is 0.511 bits per heavy atom. The molecule has 0 aliphatic carbocycles. The second-order valence-corrected chi connectivity index (χ2v) is 25.4. The highest BCUT2D eigenvalue weighted by molar-refractivity contribution is 6.78. The summed E-state index contributed by atoms with van der Waals surface area (Å²) in [5.74, 6) is 0. The van der Waals surface area contributed by atoms with Crippen LogP contribution >= 0.6 is 0 Å². The molecule has 0 aromatic rings. The summed E-state index contributed by atoms with van der Waals surface area (Å²) in [5.41, 5.74) is 0. The highest BCUT2D eigenvalue weighted by Crippen LogP contribution is 2.32. The van der Waals surface area contributed by atoms with Crippen molar-refractivity contribution in [1.29, 1.82) is 0 Å². The third kappa shape index (κ3) is 27.4. The average molecular weight is 715 g/mol. The minimum atomic E-state index is -1.80. The van der Waals surface area contributed by atoms with Crippen molar-refractivity contribution in [3.05, 3.63) is 0 Å². The minimum Gasteiger partial charge on any atom is -0.434 e. The molecule has 0 amide bonds. The van der Waals surface area contributed by atoms with Crippen LogP contribution in [0.4, 0.5) is 0 Å². The molecule has 266 valence electrons. The number of unbranched alkanes of at least 4 members (excludes halogenated alkanes) is 18. The van der Waals surface area contributed by atoms with Gasteiger partial charge >= 0.3 is 30.0 Å². The lowest BCUT2D eigenvalue weighted by Crippen LogP contribution is -2.41. The van der Waals surface area contributed by atoms with E-state index in [4.69, 9.17) is 16.5 Å². The molecule has 0 heterocycles. The molecule has 0 fully saturated rings. The summed E-state index contributed by atoms with van der Waals surface area (Å²) in [6.07, 6.45) is 32.1. The molecule has 0 aliphatic heterocycles. The van der Waals surface area contributed by atoms with Gasteiger partial charge in [0.1, 0.15) is 0 Å². The second-order valence-electron chi connectivity index (χ2n) is 13.9. The molecule has 0 saturated heterocycles.